The van der Waals surface area contributed by atoms with E-state index in [1.807, 2.05) is 0 Å². The van der Waals surface area contributed by atoms with Crippen molar-refractivity contribution in [1.82, 2.24) is 0 Å². The maximum atomic E-state index is 11.6. The Morgan fingerprint density at radius 3 is 1.74 bits per heavy atom. The fourth-order valence-electron chi connectivity index (χ4n) is 2.81. The molecule has 0 saturated heterocycles. The molecular weight excluding hydrogens is 340 g/mol. The molecule has 0 bridgehead atoms. The molecule has 0 amide bonds. The lowest BCUT2D eigenvalue weighted by Gasteiger charge is -2.05. The molecule has 0 aliphatic carbocycles. The summed E-state index contributed by atoms with van der Waals surface area (Å²) in [4.78, 5) is 23.2. The third-order valence-corrected chi connectivity index (χ3v) is 4.47. The Morgan fingerprint density at radius 2 is 1.15 bits per heavy atom. The molecular formula is C23H42O4. The van der Waals surface area contributed by atoms with E-state index in [1.165, 1.54) is 19.3 Å². The second-order valence-electron chi connectivity index (χ2n) is 7.14. The number of carbonyl (C=O) groups is 2. The predicted octanol–water partition coefficient (Wildman–Crippen LogP) is 6.52. The molecule has 0 atom stereocenters. The number of unbranched alkanes of at least 4 members (excludes halogenated alkanes) is 9. The minimum Gasteiger partial charge on any atom is -0.466 e. The van der Waals surface area contributed by atoms with Crippen LogP contribution in [0.5, 0.6) is 0 Å². The smallest absolute Gasteiger partial charge is 0.305 e. The largest absolute Gasteiger partial charge is 0.466 e. The Bertz CT molecular complexity index is 377. The van der Waals surface area contributed by atoms with Gasteiger partial charge in [-0.05, 0) is 32.1 Å². The third kappa shape index (κ3) is 20.8. The number of ether oxygens (including phenoxy) is 2. The Morgan fingerprint density at radius 1 is 0.630 bits per heavy atom. The highest BCUT2D eigenvalue weighted by atomic mass is 16.5. The van der Waals surface area contributed by atoms with Crippen molar-refractivity contribution in [3.63, 3.8) is 0 Å². The summed E-state index contributed by atoms with van der Waals surface area (Å²) < 4.78 is 10.4. The van der Waals surface area contributed by atoms with E-state index < -0.39 is 0 Å². The van der Waals surface area contributed by atoms with Gasteiger partial charge in [-0.1, -0.05) is 77.4 Å². The van der Waals surface area contributed by atoms with E-state index in [2.05, 4.69) is 26.0 Å². The van der Waals surface area contributed by atoms with Crippen molar-refractivity contribution >= 4 is 11.9 Å². The van der Waals surface area contributed by atoms with Crippen LogP contribution >= 0.6 is 0 Å². The molecule has 0 radical (unpaired) electrons. The summed E-state index contributed by atoms with van der Waals surface area (Å²) in [5.41, 5.74) is 0. The fourth-order valence-corrected chi connectivity index (χ4v) is 2.81. The van der Waals surface area contributed by atoms with Gasteiger partial charge in [-0.3, -0.25) is 9.59 Å². The SMILES string of the molecule is CC/C=C/CCOC(=O)CCCCCCCCC(=O)OCCCCCCC. The summed E-state index contributed by atoms with van der Waals surface area (Å²) >= 11 is 0. The quantitative estimate of drug-likeness (QED) is 0.145. The van der Waals surface area contributed by atoms with Gasteiger partial charge in [0.05, 0.1) is 13.2 Å². The van der Waals surface area contributed by atoms with Crippen LogP contribution in [-0.4, -0.2) is 25.2 Å². The highest BCUT2D eigenvalue weighted by molar-refractivity contribution is 5.69. The van der Waals surface area contributed by atoms with Crippen molar-refractivity contribution in [2.75, 3.05) is 13.2 Å². The lowest BCUT2D eigenvalue weighted by molar-refractivity contribution is -0.144. The molecule has 0 aliphatic heterocycles. The first-order valence-corrected chi connectivity index (χ1v) is 11.2. The molecule has 0 rings (SSSR count). The molecule has 0 N–H and O–H groups in total. The van der Waals surface area contributed by atoms with Crippen molar-refractivity contribution in [2.24, 2.45) is 0 Å². The molecule has 4 heteroatoms. The van der Waals surface area contributed by atoms with E-state index in [0.29, 0.717) is 26.1 Å². The molecule has 0 saturated carbocycles. The summed E-state index contributed by atoms with van der Waals surface area (Å²) in [5, 5.41) is 0. The first kappa shape index (κ1) is 25.7. The first-order chi connectivity index (χ1) is 13.2. The molecule has 27 heavy (non-hydrogen) atoms. The maximum absolute atomic E-state index is 11.6. The van der Waals surface area contributed by atoms with Crippen LogP contribution in [0.15, 0.2) is 12.2 Å². The van der Waals surface area contributed by atoms with Crippen molar-refractivity contribution < 1.29 is 19.1 Å². The lowest BCUT2D eigenvalue weighted by atomic mass is 10.1. The number of hydrogen-bond acceptors (Lipinski definition) is 4. The van der Waals surface area contributed by atoms with E-state index in [-0.39, 0.29) is 11.9 Å². The molecule has 0 unspecified atom stereocenters. The summed E-state index contributed by atoms with van der Waals surface area (Å²) in [6.07, 6.45) is 19.0. The highest BCUT2D eigenvalue weighted by Gasteiger charge is 2.04. The Labute approximate surface area is 167 Å². The van der Waals surface area contributed by atoms with Crippen LogP contribution in [0, 0.1) is 0 Å². The number of esters is 2. The van der Waals surface area contributed by atoms with Gasteiger partial charge < -0.3 is 9.47 Å². The monoisotopic (exact) mass is 382 g/mol. The second kappa shape index (κ2) is 21.0. The predicted molar refractivity (Wildman–Crippen MR) is 112 cm³/mol. The zero-order chi connectivity index (χ0) is 20.0. The van der Waals surface area contributed by atoms with Crippen LogP contribution in [0.3, 0.4) is 0 Å². The highest BCUT2D eigenvalue weighted by Crippen LogP contribution is 2.10. The third-order valence-electron chi connectivity index (χ3n) is 4.47. The normalized spacial score (nSPS) is 11.0. The minimum atomic E-state index is -0.0858. The van der Waals surface area contributed by atoms with E-state index in [0.717, 1.165) is 64.2 Å². The van der Waals surface area contributed by atoms with Gasteiger partial charge in [0.15, 0.2) is 0 Å². The first-order valence-electron chi connectivity index (χ1n) is 11.2. The zero-order valence-electron chi connectivity index (χ0n) is 17.8. The Kier molecular flexibility index (Phi) is 20.0. The summed E-state index contributed by atoms with van der Waals surface area (Å²) in [5.74, 6) is -0.139. The molecule has 4 nitrogen and oxygen atoms in total. The number of carbonyl (C=O) groups excluding carboxylic acids is 2. The van der Waals surface area contributed by atoms with E-state index >= 15 is 0 Å². The average Bonchev–Trinajstić information content (AvgIpc) is 2.66. The molecule has 0 spiro atoms. The van der Waals surface area contributed by atoms with Crippen molar-refractivity contribution in [1.29, 1.82) is 0 Å². The van der Waals surface area contributed by atoms with Gasteiger partial charge >= 0.3 is 11.9 Å². The maximum Gasteiger partial charge on any atom is 0.305 e. The van der Waals surface area contributed by atoms with Crippen molar-refractivity contribution in [3.8, 4) is 0 Å². The zero-order valence-corrected chi connectivity index (χ0v) is 17.8. The topological polar surface area (TPSA) is 52.6 Å². The standard InChI is InChI=1S/C23H42O4/c1-3-5-7-13-17-21-27-23(25)19-15-12-10-9-11-14-18-22(24)26-20-16-8-6-4-2/h6,8H,3-5,7,9-21H2,1-2H3/b8-6+. The number of hydrogen-bond donors (Lipinski definition) is 0. The fraction of sp³-hybridized carbons (Fsp3) is 0.826. The van der Waals surface area contributed by atoms with Gasteiger partial charge in [-0.2, -0.15) is 0 Å². The minimum absolute atomic E-state index is 0.0537. The van der Waals surface area contributed by atoms with Gasteiger partial charge in [0.1, 0.15) is 0 Å². The van der Waals surface area contributed by atoms with E-state index in [1.54, 1.807) is 0 Å². The molecule has 0 aromatic rings. The van der Waals surface area contributed by atoms with Gasteiger partial charge in [0, 0.05) is 12.8 Å². The van der Waals surface area contributed by atoms with Crippen LogP contribution in [0.4, 0.5) is 0 Å². The van der Waals surface area contributed by atoms with E-state index in [9.17, 15) is 9.59 Å². The van der Waals surface area contributed by atoms with Gasteiger partial charge in [0.25, 0.3) is 0 Å². The molecule has 158 valence electrons. The van der Waals surface area contributed by atoms with Crippen molar-refractivity contribution in [3.05, 3.63) is 12.2 Å². The Balaban J connectivity index is 3.28. The van der Waals surface area contributed by atoms with Crippen LogP contribution in [0.1, 0.15) is 110 Å². The second-order valence-corrected chi connectivity index (χ2v) is 7.14. The molecule has 0 aromatic heterocycles. The molecule has 0 aliphatic rings. The molecule has 0 heterocycles. The van der Waals surface area contributed by atoms with Gasteiger partial charge in [-0.15, -0.1) is 0 Å². The van der Waals surface area contributed by atoms with Gasteiger partial charge in [-0.25, -0.2) is 0 Å². The lowest BCUT2D eigenvalue weighted by Crippen LogP contribution is -2.05. The van der Waals surface area contributed by atoms with Crippen molar-refractivity contribution in [2.45, 2.75) is 110 Å². The summed E-state index contributed by atoms with van der Waals surface area (Å²) in [7, 11) is 0. The van der Waals surface area contributed by atoms with Gasteiger partial charge in [0.2, 0.25) is 0 Å². The van der Waals surface area contributed by atoms with Crippen LogP contribution < -0.4 is 0 Å². The van der Waals surface area contributed by atoms with Crippen LogP contribution in [0.2, 0.25) is 0 Å². The molecule has 0 aromatic carbocycles. The Hall–Kier alpha value is -1.32. The number of rotatable bonds is 19. The van der Waals surface area contributed by atoms with Crippen LogP contribution in [0.25, 0.3) is 0 Å². The van der Waals surface area contributed by atoms with E-state index in [4.69, 9.17) is 9.47 Å². The molecule has 0 fully saturated rings. The van der Waals surface area contributed by atoms with Crippen LogP contribution in [-0.2, 0) is 19.1 Å². The summed E-state index contributed by atoms with van der Waals surface area (Å²) in [6.45, 7) is 5.35. The summed E-state index contributed by atoms with van der Waals surface area (Å²) in [6, 6.07) is 0. The average molecular weight is 383 g/mol. The number of allylic oxidation sites excluding steroid dienone is 1.